The lowest BCUT2D eigenvalue weighted by Gasteiger charge is -2.61. The Kier molecular flexibility index (Phi) is 33.2. The number of hydrogen-bond donors (Lipinski definition) is 16. The Hall–Kier alpha value is -6.52. The normalized spacial score (nSPS) is 23.5. The van der Waals surface area contributed by atoms with Crippen LogP contribution in [0, 0.1) is 46.3 Å². The van der Waals surface area contributed by atoms with Gasteiger partial charge in [0.05, 0.1) is 25.3 Å². The van der Waals surface area contributed by atoms with Gasteiger partial charge in [-0.25, -0.2) is 14.4 Å². The minimum atomic E-state index is -1.65. The highest BCUT2D eigenvalue weighted by atomic mass is 16.5. The second-order valence-corrected chi connectivity index (χ2v) is 27.4. The van der Waals surface area contributed by atoms with E-state index in [0.29, 0.717) is 105 Å². The molecule has 96 heavy (non-hydrogen) atoms. The van der Waals surface area contributed by atoms with Gasteiger partial charge < -0.3 is 88.4 Å². The van der Waals surface area contributed by atoms with Crippen LogP contribution in [0.3, 0.4) is 0 Å². The lowest BCUT2D eigenvalue weighted by molar-refractivity contribution is -0.145. The summed E-state index contributed by atoms with van der Waals surface area (Å²) < 4.78 is 4.78. The summed E-state index contributed by atoms with van der Waals surface area (Å²) in [5.41, 5.74) is 7.27. The van der Waals surface area contributed by atoms with E-state index in [1.54, 1.807) is 14.1 Å². The second-order valence-electron chi connectivity index (χ2n) is 27.4. The van der Waals surface area contributed by atoms with E-state index in [2.05, 4.69) is 63.3 Å². The number of amides is 6. The van der Waals surface area contributed by atoms with Gasteiger partial charge in [-0.1, -0.05) is 51.5 Å². The van der Waals surface area contributed by atoms with Gasteiger partial charge >= 0.3 is 32.1 Å². The number of esters is 1. The number of benzene rings is 2. The fourth-order valence-corrected chi connectivity index (χ4v) is 15.7. The first-order valence-electron chi connectivity index (χ1n) is 34.6. The number of carboxylic acid groups (broad SMARTS) is 2. The first kappa shape index (κ1) is 80.2. The van der Waals surface area contributed by atoms with Crippen molar-refractivity contribution in [1.82, 2.24) is 42.5 Å². The van der Waals surface area contributed by atoms with E-state index in [-0.39, 0.29) is 84.7 Å². The minimum absolute atomic E-state index is 0.0454. The molecule has 6 amide bonds. The van der Waals surface area contributed by atoms with Gasteiger partial charge in [0.1, 0.15) is 18.1 Å². The molecule has 0 spiro atoms. The molecule has 28 heteroatoms. The van der Waals surface area contributed by atoms with Crippen molar-refractivity contribution in [3.63, 3.8) is 0 Å². The van der Waals surface area contributed by atoms with Crippen LogP contribution in [0.2, 0.25) is 0 Å². The zero-order valence-corrected chi connectivity index (χ0v) is 57.1. The number of rotatable bonds is 38. The van der Waals surface area contributed by atoms with Gasteiger partial charge in [0.15, 0.2) is 0 Å². The maximum Gasteiger partial charge on any atom is 0.488 e. The van der Waals surface area contributed by atoms with Crippen LogP contribution in [-0.2, 0) is 38.3 Å². The number of ether oxygens (including phenoxy) is 1. The standard InChI is InChI=1S/C48H76BN5O11.C20H33BN4O6/c1-29(35-17-18-36-34-16-13-31-28-33(55)22-24-47(31,2)37(34)23-25-48(35,36)3)10-20-42(57)53-40(46(62)63)19-21-41(56)51-26-6-5-8-38(50-4)44(59)54-39(45(60)61)9-7-27-52-43(58)30-11-14-32(15-12-30)49(64)65;1-23-16(6-3-4-12-22)19(27)25-17(20(28)31-2)7-5-13-24-18(26)14-8-10-15(11-9-14)21(29)30/h11-12,14-15,29,31,33-40,50,55,64-65H,5-10,13,16-28H2,1-4H3,(H,51,56)(H,52,58)(H,53,57)(H,54,59)(H,60,61)(H,62,63);8-11,16-17,23,29-30H,3-7,12-13,22H2,1-2H3,(H,24,26)(H,25,27)/t29?,31-,33-,34?,35?,36?,37?,38?,39?,40?,47+,48-;/m0./s1. The Morgan fingerprint density at radius 2 is 1.03 bits per heavy atom. The molecular formula is C68H109B2N9O17. The van der Waals surface area contributed by atoms with Gasteiger partial charge in [-0.3, -0.25) is 28.8 Å². The highest BCUT2D eigenvalue weighted by molar-refractivity contribution is 6.59. The Morgan fingerprint density at radius 1 is 0.552 bits per heavy atom. The number of aliphatic hydroxyl groups excluding tert-OH is 1. The van der Waals surface area contributed by atoms with E-state index in [0.717, 1.165) is 43.9 Å². The molecule has 6 rings (SSSR count). The highest BCUT2D eigenvalue weighted by Gasteiger charge is 2.60. The Morgan fingerprint density at radius 3 is 1.55 bits per heavy atom. The fraction of sp³-hybridized carbons (Fsp3) is 0.691. The molecule has 0 heterocycles. The molecule has 17 N–H and O–H groups in total. The van der Waals surface area contributed by atoms with Gasteiger partial charge in [-0.2, -0.15) is 0 Å². The fourth-order valence-electron chi connectivity index (χ4n) is 15.7. The number of hydrogen-bond acceptors (Lipinski definition) is 18. The van der Waals surface area contributed by atoms with E-state index in [1.807, 2.05) is 0 Å². The molecule has 4 saturated carbocycles. The monoisotopic (exact) mass is 1350 g/mol. The number of fused-ring (bicyclic) bond motifs is 5. The van der Waals surface area contributed by atoms with E-state index < -0.39 is 74.2 Å². The Bertz CT molecular complexity index is 2840. The molecule has 0 aromatic heterocycles. The molecule has 0 bridgehead atoms. The lowest BCUT2D eigenvalue weighted by Crippen LogP contribution is -2.54. The van der Waals surface area contributed by atoms with Crippen LogP contribution in [0.25, 0.3) is 0 Å². The molecule has 2 aromatic carbocycles. The molecule has 4 aliphatic rings. The van der Waals surface area contributed by atoms with Crippen LogP contribution >= 0.6 is 0 Å². The third kappa shape index (κ3) is 23.6. The lowest BCUT2D eigenvalue weighted by atomic mass is 9.44. The first-order valence-corrected chi connectivity index (χ1v) is 34.6. The summed E-state index contributed by atoms with van der Waals surface area (Å²) in [6, 6.07) is 7.31. The number of aliphatic hydroxyl groups is 1. The number of carbonyl (C=O) groups excluding carboxylic acids is 7. The summed E-state index contributed by atoms with van der Waals surface area (Å²) in [5.74, 6) is -1.45. The average Bonchev–Trinajstić information content (AvgIpc) is 1.38. The molecule has 26 nitrogen and oxygen atoms in total. The third-order valence-electron chi connectivity index (χ3n) is 21.3. The summed E-state index contributed by atoms with van der Waals surface area (Å²) in [6.07, 6.45) is 15.8. The van der Waals surface area contributed by atoms with Crippen LogP contribution in [0.4, 0.5) is 0 Å². The SMILES string of the molecule is CNC(CCCCN)C(=O)NC(CCCNC(=O)c1ccc(B(O)O)cc1)C(=O)OC.CNC(CCCCNC(=O)CCC(NC(=O)CCC(C)C1CCC2C3CC[C@H]4C[C@@H](O)CC[C@@]4(C)C3CC[C@@]12C)C(=O)O)C(=O)NC(CCCNC(=O)c1ccc(B(O)O)cc1)C(=O)O. The maximum atomic E-state index is 13.1. The van der Waals surface area contributed by atoms with Gasteiger partial charge in [-0.15, -0.1) is 0 Å². The van der Waals surface area contributed by atoms with Crippen molar-refractivity contribution in [2.24, 2.45) is 52.1 Å². The molecule has 10 unspecified atom stereocenters. The average molecular weight is 1350 g/mol. The predicted octanol–water partition coefficient (Wildman–Crippen LogP) is 1.36. The smallest absolute Gasteiger partial charge is 0.480 e. The molecule has 4 aliphatic carbocycles. The summed E-state index contributed by atoms with van der Waals surface area (Å²) in [4.78, 5) is 112. The van der Waals surface area contributed by atoms with E-state index in [9.17, 15) is 68.5 Å². The number of aliphatic carboxylic acids is 2. The molecule has 2 aromatic rings. The second kappa shape index (κ2) is 39.8. The van der Waals surface area contributed by atoms with Crippen LogP contribution in [0.5, 0.6) is 0 Å². The van der Waals surface area contributed by atoms with Crippen molar-refractivity contribution in [3.05, 3.63) is 59.7 Å². The Balaban J connectivity index is 0.000000450. The van der Waals surface area contributed by atoms with Crippen LogP contribution < -0.4 is 59.2 Å². The number of carboxylic acids is 2. The van der Waals surface area contributed by atoms with Crippen LogP contribution in [0.15, 0.2) is 48.5 Å². The molecular weight excluding hydrogens is 1240 g/mol. The molecule has 534 valence electrons. The molecule has 4 fully saturated rings. The van der Waals surface area contributed by atoms with Crippen molar-refractivity contribution >= 4 is 78.5 Å². The number of nitrogens with one attached hydrogen (secondary N) is 8. The van der Waals surface area contributed by atoms with Crippen LogP contribution in [-0.4, -0.2) is 187 Å². The number of methoxy groups -OCH3 is 1. The molecule has 0 saturated heterocycles. The maximum absolute atomic E-state index is 13.1. The van der Waals surface area contributed by atoms with Crippen molar-refractivity contribution in [3.8, 4) is 0 Å². The van der Waals surface area contributed by atoms with Crippen molar-refractivity contribution in [2.75, 3.05) is 47.4 Å². The number of unbranched alkanes of at least 4 members (excludes halogenated alkanes) is 2. The van der Waals surface area contributed by atoms with Crippen molar-refractivity contribution in [1.29, 1.82) is 0 Å². The van der Waals surface area contributed by atoms with Gasteiger partial charge in [-0.05, 0) is 231 Å². The largest absolute Gasteiger partial charge is 0.488 e. The summed E-state index contributed by atoms with van der Waals surface area (Å²) in [7, 11) is 1.29. The van der Waals surface area contributed by atoms with E-state index in [1.165, 1.54) is 94.2 Å². The van der Waals surface area contributed by atoms with Crippen LogP contribution in [0.1, 0.15) is 189 Å². The third-order valence-corrected chi connectivity index (χ3v) is 21.3. The summed E-state index contributed by atoms with van der Waals surface area (Å²) >= 11 is 0. The summed E-state index contributed by atoms with van der Waals surface area (Å²) in [5, 5.41) is 88.5. The molecule has 0 radical (unpaired) electrons. The minimum Gasteiger partial charge on any atom is -0.480 e. The zero-order chi connectivity index (χ0) is 70.7. The van der Waals surface area contributed by atoms with E-state index >= 15 is 0 Å². The number of likely N-dealkylation sites (N-methyl/N-ethyl adjacent to an activating group) is 2. The zero-order valence-electron chi connectivity index (χ0n) is 57.1. The number of nitrogens with two attached hydrogens (primary N) is 1. The van der Waals surface area contributed by atoms with E-state index in [4.69, 9.17) is 20.5 Å². The predicted molar refractivity (Wildman–Crippen MR) is 363 cm³/mol. The van der Waals surface area contributed by atoms with Gasteiger partial charge in [0.25, 0.3) is 11.8 Å². The quantitative estimate of drug-likeness (QED) is 0.0256. The first-order chi connectivity index (χ1) is 45.7. The van der Waals surface area contributed by atoms with Crippen molar-refractivity contribution in [2.45, 2.75) is 205 Å². The van der Waals surface area contributed by atoms with Gasteiger partial charge in [0, 0.05) is 43.6 Å². The van der Waals surface area contributed by atoms with Gasteiger partial charge in [0.2, 0.25) is 23.6 Å². The molecule has 0 aliphatic heterocycles. The highest BCUT2D eigenvalue weighted by Crippen LogP contribution is 2.68. The molecule has 14 atom stereocenters. The topological polar surface area (TPSA) is 427 Å². The number of carbonyl (C=O) groups is 9. The summed E-state index contributed by atoms with van der Waals surface area (Å²) in [6.45, 7) is 8.57. The Labute approximate surface area is 566 Å². The van der Waals surface area contributed by atoms with Crippen molar-refractivity contribution < 1.29 is 83.3 Å².